The van der Waals surface area contributed by atoms with E-state index in [-0.39, 0.29) is 0 Å². The number of rotatable bonds is 2. The predicted octanol–water partition coefficient (Wildman–Crippen LogP) is -0.304. The molecule has 1 atom stereocenters. The van der Waals surface area contributed by atoms with E-state index >= 15 is 0 Å². The molecule has 1 N–H and O–H groups in total. The van der Waals surface area contributed by atoms with Crippen molar-refractivity contribution < 1.29 is 0 Å². The van der Waals surface area contributed by atoms with Gasteiger partial charge in [0.25, 0.3) is 0 Å². The fourth-order valence-electron chi connectivity index (χ4n) is 0.667. The Labute approximate surface area is 48.9 Å². The van der Waals surface area contributed by atoms with Gasteiger partial charge in [-0.05, 0) is 5.67 Å². The van der Waals surface area contributed by atoms with Gasteiger partial charge in [-0.25, -0.2) is 0 Å². The van der Waals surface area contributed by atoms with E-state index in [1.54, 1.807) is 0 Å². The normalized spacial score (nSPS) is 15.4. The van der Waals surface area contributed by atoms with Crippen molar-refractivity contribution in [2.75, 3.05) is 0 Å². The molecular formula is C5H15NSi. The van der Waals surface area contributed by atoms with Gasteiger partial charge in [-0.2, -0.15) is 0 Å². The van der Waals surface area contributed by atoms with Gasteiger partial charge < -0.3 is 5.32 Å². The number of hydrogen-bond donors (Lipinski definition) is 1. The lowest BCUT2D eigenvalue weighted by molar-refractivity contribution is 0.580. The van der Waals surface area contributed by atoms with Crippen molar-refractivity contribution in [2.45, 2.75) is 32.5 Å². The van der Waals surface area contributed by atoms with Crippen LogP contribution < -0.4 is 5.32 Å². The molecule has 0 bridgehead atoms. The first kappa shape index (κ1) is 7.18. The van der Waals surface area contributed by atoms with Crippen LogP contribution >= 0.6 is 0 Å². The molecule has 0 amide bonds. The van der Waals surface area contributed by atoms with Gasteiger partial charge >= 0.3 is 0 Å². The summed E-state index contributed by atoms with van der Waals surface area (Å²) in [6, 6.07) is 0.660. The summed E-state index contributed by atoms with van der Waals surface area (Å²) in [7, 11) is 1.26. The van der Waals surface area contributed by atoms with Crippen LogP contribution in [-0.4, -0.2) is 21.9 Å². The van der Waals surface area contributed by atoms with E-state index in [1.165, 1.54) is 10.2 Å². The molecule has 44 valence electrons. The van der Waals surface area contributed by atoms with Crippen molar-refractivity contribution in [3.63, 3.8) is 0 Å². The third-order valence-electron chi connectivity index (χ3n) is 0.667. The standard InChI is InChI=1S/C5H15NSi/c1-4(2)6-5(3)7/h4-6H,1-3,7H3. The molecule has 0 aliphatic rings. The minimum absolute atomic E-state index is 0.660. The van der Waals surface area contributed by atoms with Gasteiger partial charge in [0.15, 0.2) is 0 Å². The van der Waals surface area contributed by atoms with Crippen LogP contribution in [0.25, 0.3) is 0 Å². The summed E-state index contributed by atoms with van der Waals surface area (Å²) in [4.78, 5) is 0. The van der Waals surface area contributed by atoms with Gasteiger partial charge in [-0.15, -0.1) is 0 Å². The molecule has 0 aliphatic carbocycles. The summed E-state index contributed by atoms with van der Waals surface area (Å²) in [5.41, 5.74) is 0.764. The van der Waals surface area contributed by atoms with Crippen LogP contribution in [-0.2, 0) is 0 Å². The summed E-state index contributed by atoms with van der Waals surface area (Å²) in [6.45, 7) is 6.56. The average Bonchev–Trinajstić information content (AvgIpc) is 1.27. The van der Waals surface area contributed by atoms with Crippen molar-refractivity contribution in [3.05, 3.63) is 0 Å². The first-order valence-electron chi connectivity index (χ1n) is 2.89. The van der Waals surface area contributed by atoms with Gasteiger partial charge in [0.05, 0.1) is 0 Å². The maximum atomic E-state index is 3.37. The van der Waals surface area contributed by atoms with Gasteiger partial charge in [0.1, 0.15) is 0 Å². The molecule has 1 nitrogen and oxygen atoms in total. The van der Waals surface area contributed by atoms with Gasteiger partial charge in [-0.1, -0.05) is 20.8 Å². The molecule has 2 heteroatoms. The highest BCUT2D eigenvalue weighted by molar-refractivity contribution is 6.11. The fraction of sp³-hybridized carbons (Fsp3) is 1.00. The summed E-state index contributed by atoms with van der Waals surface area (Å²) in [5, 5.41) is 3.37. The molecule has 0 aromatic carbocycles. The van der Waals surface area contributed by atoms with E-state index in [0.29, 0.717) is 6.04 Å². The third-order valence-corrected chi connectivity index (χ3v) is 1.00. The molecule has 0 fully saturated rings. The lowest BCUT2D eigenvalue weighted by Gasteiger charge is -2.10. The molecule has 7 heavy (non-hydrogen) atoms. The highest BCUT2D eigenvalue weighted by Crippen LogP contribution is 1.77. The van der Waals surface area contributed by atoms with E-state index in [0.717, 1.165) is 5.67 Å². The van der Waals surface area contributed by atoms with E-state index in [9.17, 15) is 0 Å². The lowest BCUT2D eigenvalue weighted by Crippen LogP contribution is -2.32. The quantitative estimate of drug-likeness (QED) is 0.490. The van der Waals surface area contributed by atoms with Crippen LogP contribution in [0.2, 0.25) is 0 Å². The van der Waals surface area contributed by atoms with Crippen LogP contribution in [0.5, 0.6) is 0 Å². The van der Waals surface area contributed by atoms with Gasteiger partial charge in [0.2, 0.25) is 0 Å². The third kappa shape index (κ3) is 6.18. The molecule has 0 aliphatic heterocycles. The zero-order valence-electron chi connectivity index (χ0n) is 5.65. The molecule has 0 radical (unpaired) electrons. The first-order chi connectivity index (χ1) is 3.13. The van der Waals surface area contributed by atoms with Crippen LogP contribution in [0.1, 0.15) is 20.8 Å². The Balaban J connectivity index is 2.95. The molecule has 0 saturated heterocycles. The summed E-state index contributed by atoms with van der Waals surface area (Å²) in [6.07, 6.45) is 0. The fourth-order valence-corrected chi connectivity index (χ4v) is 1.33. The first-order valence-corrected chi connectivity index (χ1v) is 4.04. The Morgan fingerprint density at radius 3 is 1.71 bits per heavy atom. The van der Waals surface area contributed by atoms with E-state index in [2.05, 4.69) is 26.1 Å². The second kappa shape index (κ2) is 3.21. The SMILES string of the molecule is CC(C)NC(C)[SiH3]. The Hall–Kier alpha value is 0.177. The molecule has 1 unspecified atom stereocenters. The van der Waals surface area contributed by atoms with E-state index < -0.39 is 0 Å². The second-order valence-corrected chi connectivity index (χ2v) is 4.21. The Morgan fingerprint density at radius 2 is 1.71 bits per heavy atom. The molecule has 0 aromatic heterocycles. The molecule has 0 saturated carbocycles. The summed E-state index contributed by atoms with van der Waals surface area (Å²) < 4.78 is 0. The summed E-state index contributed by atoms with van der Waals surface area (Å²) in [5.74, 6) is 0. The minimum atomic E-state index is 0.660. The van der Waals surface area contributed by atoms with Crippen molar-refractivity contribution in [1.82, 2.24) is 5.32 Å². The molecule has 0 heterocycles. The largest absolute Gasteiger partial charge is 0.316 e. The zero-order valence-corrected chi connectivity index (χ0v) is 7.65. The average molecular weight is 117 g/mol. The molecular weight excluding hydrogens is 102 g/mol. The monoisotopic (exact) mass is 117 g/mol. The Kier molecular flexibility index (Phi) is 3.30. The van der Waals surface area contributed by atoms with E-state index in [4.69, 9.17) is 0 Å². The zero-order chi connectivity index (χ0) is 5.86. The molecule has 0 rings (SSSR count). The van der Waals surface area contributed by atoms with Crippen molar-refractivity contribution in [3.8, 4) is 0 Å². The Bertz CT molecular complexity index is 37.3. The van der Waals surface area contributed by atoms with Crippen LogP contribution in [0.4, 0.5) is 0 Å². The van der Waals surface area contributed by atoms with Crippen LogP contribution in [0, 0.1) is 0 Å². The van der Waals surface area contributed by atoms with Crippen molar-refractivity contribution in [1.29, 1.82) is 0 Å². The highest BCUT2D eigenvalue weighted by atomic mass is 28.1. The Morgan fingerprint density at radius 1 is 1.29 bits per heavy atom. The molecule has 0 spiro atoms. The maximum absolute atomic E-state index is 3.37. The van der Waals surface area contributed by atoms with Crippen LogP contribution in [0.15, 0.2) is 0 Å². The van der Waals surface area contributed by atoms with Crippen LogP contribution in [0.3, 0.4) is 0 Å². The minimum Gasteiger partial charge on any atom is -0.316 e. The topological polar surface area (TPSA) is 12.0 Å². The second-order valence-electron chi connectivity index (χ2n) is 2.48. The lowest BCUT2D eigenvalue weighted by atomic mass is 10.4. The predicted molar refractivity (Wildman–Crippen MR) is 37.7 cm³/mol. The highest BCUT2D eigenvalue weighted by Gasteiger charge is 1.92. The number of hydrogen-bond acceptors (Lipinski definition) is 1. The van der Waals surface area contributed by atoms with Gasteiger partial charge in [0, 0.05) is 16.3 Å². The van der Waals surface area contributed by atoms with Crippen molar-refractivity contribution >= 4 is 10.2 Å². The maximum Gasteiger partial charge on any atom is 0.0237 e. The summed E-state index contributed by atoms with van der Waals surface area (Å²) >= 11 is 0. The van der Waals surface area contributed by atoms with Crippen molar-refractivity contribution in [2.24, 2.45) is 0 Å². The smallest absolute Gasteiger partial charge is 0.0237 e. The van der Waals surface area contributed by atoms with E-state index in [1.807, 2.05) is 0 Å². The molecule has 0 aromatic rings. The number of nitrogens with one attached hydrogen (secondary N) is 1. The van der Waals surface area contributed by atoms with Gasteiger partial charge in [-0.3, -0.25) is 0 Å².